The van der Waals surface area contributed by atoms with Crippen molar-refractivity contribution in [2.45, 2.75) is 52.5 Å². The topological polar surface area (TPSA) is 63.2 Å². The minimum Gasteiger partial charge on any atom is -0.353 e. The van der Waals surface area contributed by atoms with Crippen LogP contribution in [0.1, 0.15) is 46.5 Å². The summed E-state index contributed by atoms with van der Waals surface area (Å²) in [4.78, 5) is 11.6. The molecule has 1 atom stereocenters. The minimum absolute atomic E-state index is 0.0426. The molecule has 0 rings (SSSR count). The van der Waals surface area contributed by atoms with Crippen LogP contribution >= 0.6 is 0 Å². The van der Waals surface area contributed by atoms with Crippen molar-refractivity contribution in [2.75, 3.05) is 11.5 Å². The molecular formula is C13H25NO3S. The Morgan fingerprint density at radius 2 is 2.00 bits per heavy atom. The Balaban J connectivity index is 4.02. The molecule has 106 valence electrons. The van der Waals surface area contributed by atoms with Crippen molar-refractivity contribution in [1.82, 2.24) is 5.32 Å². The van der Waals surface area contributed by atoms with Gasteiger partial charge in [-0.2, -0.15) is 0 Å². The van der Waals surface area contributed by atoms with E-state index in [0.717, 1.165) is 25.7 Å². The third kappa shape index (κ3) is 9.22. The first-order valence-electron chi connectivity index (χ1n) is 6.52. The lowest BCUT2D eigenvalue weighted by molar-refractivity contribution is -0.119. The monoisotopic (exact) mass is 275 g/mol. The maximum absolute atomic E-state index is 11.6. The first-order chi connectivity index (χ1) is 8.41. The van der Waals surface area contributed by atoms with Gasteiger partial charge < -0.3 is 5.32 Å². The molecule has 0 heterocycles. The standard InChI is InChI=1S/C13H25NO3S/c1-4-6-8-9-12(3)14-13(15)11-18(16,17)10-7-5-2/h5,7,12H,4,6,8-11H2,1-3H3,(H,14,15)/b7-5+. The molecule has 1 unspecified atom stereocenters. The van der Waals surface area contributed by atoms with E-state index in [1.807, 2.05) is 6.92 Å². The average molecular weight is 275 g/mol. The van der Waals surface area contributed by atoms with Gasteiger partial charge in [0.2, 0.25) is 5.91 Å². The van der Waals surface area contributed by atoms with E-state index in [4.69, 9.17) is 0 Å². The van der Waals surface area contributed by atoms with Crippen molar-refractivity contribution < 1.29 is 13.2 Å². The lowest BCUT2D eigenvalue weighted by Crippen LogP contribution is -2.37. The van der Waals surface area contributed by atoms with E-state index in [1.165, 1.54) is 0 Å². The predicted molar refractivity (Wildman–Crippen MR) is 75.2 cm³/mol. The lowest BCUT2D eigenvalue weighted by atomic mass is 10.1. The summed E-state index contributed by atoms with van der Waals surface area (Å²) in [7, 11) is -3.31. The minimum atomic E-state index is -3.31. The Bertz CT molecular complexity index is 360. The van der Waals surface area contributed by atoms with Crippen molar-refractivity contribution in [3.63, 3.8) is 0 Å². The van der Waals surface area contributed by atoms with Crippen LogP contribution in [0.2, 0.25) is 0 Å². The fourth-order valence-corrected chi connectivity index (χ4v) is 2.68. The molecule has 0 aliphatic carbocycles. The molecule has 0 aliphatic heterocycles. The molecular weight excluding hydrogens is 250 g/mol. The van der Waals surface area contributed by atoms with Gasteiger partial charge in [0.25, 0.3) is 0 Å². The highest BCUT2D eigenvalue weighted by Crippen LogP contribution is 2.03. The van der Waals surface area contributed by atoms with Crippen LogP contribution in [0, 0.1) is 0 Å². The molecule has 0 aromatic rings. The summed E-state index contributed by atoms with van der Waals surface area (Å²) < 4.78 is 23.1. The van der Waals surface area contributed by atoms with Crippen LogP contribution in [0.15, 0.2) is 12.2 Å². The summed E-state index contributed by atoms with van der Waals surface area (Å²) >= 11 is 0. The van der Waals surface area contributed by atoms with Gasteiger partial charge in [0.15, 0.2) is 9.84 Å². The maximum atomic E-state index is 11.6. The van der Waals surface area contributed by atoms with Crippen molar-refractivity contribution in [2.24, 2.45) is 0 Å². The second-order valence-electron chi connectivity index (χ2n) is 4.59. The highest BCUT2D eigenvalue weighted by molar-refractivity contribution is 7.92. The maximum Gasteiger partial charge on any atom is 0.235 e. The molecule has 0 bridgehead atoms. The molecule has 1 amide bonds. The summed E-state index contributed by atoms with van der Waals surface area (Å²) in [6.45, 7) is 5.79. The Morgan fingerprint density at radius 1 is 1.33 bits per heavy atom. The van der Waals surface area contributed by atoms with Crippen molar-refractivity contribution in [1.29, 1.82) is 0 Å². The van der Waals surface area contributed by atoms with Gasteiger partial charge in [0.05, 0.1) is 5.75 Å². The lowest BCUT2D eigenvalue weighted by Gasteiger charge is -2.13. The number of carbonyl (C=O) groups is 1. The quantitative estimate of drug-likeness (QED) is 0.517. The number of hydrogen-bond acceptors (Lipinski definition) is 3. The Kier molecular flexibility index (Phi) is 8.71. The second-order valence-corrected chi connectivity index (χ2v) is 6.70. The Hall–Kier alpha value is -0.840. The van der Waals surface area contributed by atoms with E-state index in [0.29, 0.717) is 0 Å². The van der Waals surface area contributed by atoms with Crippen molar-refractivity contribution in [3.05, 3.63) is 12.2 Å². The fraction of sp³-hybridized carbons (Fsp3) is 0.769. The van der Waals surface area contributed by atoms with Crippen LogP contribution in [-0.2, 0) is 14.6 Å². The zero-order valence-electron chi connectivity index (χ0n) is 11.6. The van der Waals surface area contributed by atoms with Crippen LogP contribution in [0.4, 0.5) is 0 Å². The van der Waals surface area contributed by atoms with Gasteiger partial charge in [-0.25, -0.2) is 8.42 Å². The van der Waals surface area contributed by atoms with Crippen LogP contribution in [0.3, 0.4) is 0 Å². The summed E-state index contributed by atoms with van der Waals surface area (Å²) in [5, 5.41) is 2.73. The molecule has 1 N–H and O–H groups in total. The van der Waals surface area contributed by atoms with Gasteiger partial charge in [0.1, 0.15) is 5.75 Å². The molecule has 0 aromatic carbocycles. The first kappa shape index (κ1) is 17.2. The summed E-state index contributed by atoms with van der Waals surface area (Å²) in [6.07, 6.45) is 7.45. The smallest absolute Gasteiger partial charge is 0.235 e. The van der Waals surface area contributed by atoms with Crippen LogP contribution in [0.5, 0.6) is 0 Å². The molecule has 0 saturated carbocycles. The molecule has 0 aromatic heterocycles. The highest BCUT2D eigenvalue weighted by Gasteiger charge is 2.16. The molecule has 0 spiro atoms. The normalized spacial score (nSPS) is 13.7. The largest absolute Gasteiger partial charge is 0.353 e. The number of unbranched alkanes of at least 4 members (excludes halogenated alkanes) is 2. The first-order valence-corrected chi connectivity index (χ1v) is 8.34. The van der Waals surface area contributed by atoms with Gasteiger partial charge in [-0.05, 0) is 20.3 Å². The average Bonchev–Trinajstić information content (AvgIpc) is 2.25. The van der Waals surface area contributed by atoms with Gasteiger partial charge in [-0.15, -0.1) is 0 Å². The van der Waals surface area contributed by atoms with Gasteiger partial charge >= 0.3 is 0 Å². The second kappa shape index (κ2) is 9.14. The van der Waals surface area contributed by atoms with Crippen LogP contribution in [-0.4, -0.2) is 31.9 Å². The van der Waals surface area contributed by atoms with Crippen molar-refractivity contribution in [3.8, 4) is 0 Å². The van der Waals surface area contributed by atoms with Crippen LogP contribution in [0.25, 0.3) is 0 Å². The Morgan fingerprint density at radius 3 is 2.56 bits per heavy atom. The molecule has 0 aliphatic rings. The molecule has 5 heteroatoms. The number of allylic oxidation sites excluding steroid dienone is 1. The van der Waals surface area contributed by atoms with E-state index in [2.05, 4.69) is 12.2 Å². The zero-order chi connectivity index (χ0) is 14.0. The number of rotatable bonds is 9. The van der Waals surface area contributed by atoms with Crippen molar-refractivity contribution >= 4 is 15.7 Å². The SMILES string of the molecule is C/C=C/CS(=O)(=O)CC(=O)NC(C)CCCCC. The molecule has 0 radical (unpaired) electrons. The van der Waals surface area contributed by atoms with E-state index in [9.17, 15) is 13.2 Å². The summed E-state index contributed by atoms with van der Waals surface area (Å²) in [6, 6.07) is 0.0426. The molecule has 0 saturated heterocycles. The highest BCUT2D eigenvalue weighted by atomic mass is 32.2. The number of hydrogen-bond donors (Lipinski definition) is 1. The molecule has 0 fully saturated rings. The van der Waals surface area contributed by atoms with Gasteiger partial charge in [0, 0.05) is 6.04 Å². The van der Waals surface area contributed by atoms with E-state index < -0.39 is 21.5 Å². The Labute approximate surface area is 111 Å². The van der Waals surface area contributed by atoms with E-state index in [1.54, 1.807) is 19.1 Å². The van der Waals surface area contributed by atoms with E-state index >= 15 is 0 Å². The van der Waals surface area contributed by atoms with Crippen LogP contribution < -0.4 is 5.32 Å². The van der Waals surface area contributed by atoms with E-state index in [-0.39, 0.29) is 11.8 Å². The number of carbonyl (C=O) groups excluding carboxylic acids is 1. The summed E-state index contributed by atoms with van der Waals surface area (Å²) in [5.41, 5.74) is 0. The van der Waals surface area contributed by atoms with Gasteiger partial charge in [-0.1, -0.05) is 38.3 Å². The number of sulfone groups is 1. The number of amides is 1. The summed E-state index contributed by atoms with van der Waals surface area (Å²) in [5.74, 6) is -0.889. The molecule has 18 heavy (non-hydrogen) atoms. The predicted octanol–water partition coefficient (Wildman–Crippen LogP) is 2.06. The zero-order valence-corrected chi connectivity index (χ0v) is 12.4. The fourth-order valence-electron chi connectivity index (χ4n) is 1.59. The number of nitrogens with one attached hydrogen (secondary N) is 1. The van der Waals surface area contributed by atoms with Gasteiger partial charge in [-0.3, -0.25) is 4.79 Å². The third-order valence-corrected chi connectivity index (χ3v) is 3.99. The molecule has 4 nitrogen and oxygen atoms in total. The third-order valence-electron chi connectivity index (χ3n) is 2.58.